The number of dihydropyridines is 1. The largest absolute Gasteiger partial charge is 0.465 e. The molecule has 1 aliphatic heterocycles. The first kappa shape index (κ1) is 18.1. The van der Waals surface area contributed by atoms with E-state index >= 15 is 0 Å². The summed E-state index contributed by atoms with van der Waals surface area (Å²) in [6.45, 7) is -0.726. The molecule has 6 nitrogen and oxygen atoms in total. The van der Waals surface area contributed by atoms with Gasteiger partial charge in [0, 0.05) is 12.7 Å². The van der Waals surface area contributed by atoms with Crippen molar-refractivity contribution < 1.29 is 18.3 Å². The molecule has 0 bridgehead atoms. The molecule has 3 aromatic rings. The molecule has 4 heterocycles. The zero-order valence-electron chi connectivity index (χ0n) is 15.0. The third-order valence-corrected chi connectivity index (χ3v) is 4.31. The van der Waals surface area contributed by atoms with E-state index in [1.807, 2.05) is 40.9 Å². The fraction of sp³-hybridized carbons (Fsp3) is 0.200. The average molecular weight is 384 g/mol. The van der Waals surface area contributed by atoms with Crippen molar-refractivity contribution >= 4 is 11.1 Å². The molecule has 3 aromatic heterocycles. The summed E-state index contributed by atoms with van der Waals surface area (Å²) in [5, 5.41) is 7.48. The monoisotopic (exact) mass is 384 g/mol. The lowest BCUT2D eigenvalue weighted by Gasteiger charge is -2.25. The Kier molecular flexibility index (Phi) is 4.79. The van der Waals surface area contributed by atoms with Gasteiger partial charge in [0.1, 0.15) is 18.1 Å². The van der Waals surface area contributed by atoms with Gasteiger partial charge in [0.15, 0.2) is 6.23 Å². The van der Waals surface area contributed by atoms with E-state index in [1.54, 1.807) is 12.4 Å². The third kappa shape index (κ3) is 3.46. The molecule has 0 fully saturated rings. The van der Waals surface area contributed by atoms with Crippen molar-refractivity contribution in [2.75, 3.05) is 13.7 Å². The second-order valence-electron chi connectivity index (χ2n) is 6.24. The predicted molar refractivity (Wildman–Crippen MR) is 99.9 cm³/mol. The Balaban J connectivity index is 1.58. The Labute approximate surface area is 160 Å². The third-order valence-electron chi connectivity index (χ3n) is 4.31. The van der Waals surface area contributed by atoms with Crippen molar-refractivity contribution in [3.63, 3.8) is 0 Å². The van der Waals surface area contributed by atoms with Gasteiger partial charge in [-0.25, -0.2) is 4.52 Å². The first-order valence-electron chi connectivity index (χ1n) is 8.64. The first-order valence-corrected chi connectivity index (χ1v) is 8.64. The van der Waals surface area contributed by atoms with Gasteiger partial charge >= 0.3 is 5.92 Å². The van der Waals surface area contributed by atoms with Crippen LogP contribution in [0.15, 0.2) is 67.1 Å². The van der Waals surface area contributed by atoms with Crippen LogP contribution >= 0.6 is 0 Å². The van der Waals surface area contributed by atoms with Gasteiger partial charge in [0.2, 0.25) is 0 Å². The lowest BCUT2D eigenvalue weighted by molar-refractivity contribution is -0.0731. The molecule has 1 unspecified atom stereocenters. The minimum atomic E-state index is -3.15. The zero-order valence-corrected chi connectivity index (χ0v) is 15.0. The highest BCUT2D eigenvalue weighted by Crippen LogP contribution is 2.29. The number of hydrogen-bond donors (Lipinski definition) is 1. The van der Waals surface area contributed by atoms with Crippen molar-refractivity contribution in [2.24, 2.45) is 0 Å². The van der Waals surface area contributed by atoms with E-state index in [1.165, 1.54) is 25.4 Å². The molecule has 0 saturated carbocycles. The number of halogens is 2. The van der Waals surface area contributed by atoms with E-state index in [-0.39, 0.29) is 5.69 Å². The topological polar surface area (TPSA) is 60.7 Å². The minimum absolute atomic E-state index is 0.364. The summed E-state index contributed by atoms with van der Waals surface area (Å²) in [7, 11) is 1.22. The van der Waals surface area contributed by atoms with Crippen molar-refractivity contribution in [3.05, 3.63) is 78.5 Å². The number of hydrogen-bond acceptors (Lipinski definition) is 5. The second kappa shape index (κ2) is 7.40. The number of alkyl halides is 2. The Hall–Kier alpha value is -3.26. The van der Waals surface area contributed by atoms with Crippen LogP contribution < -0.4 is 10.1 Å². The number of aromatic nitrogens is 3. The summed E-state index contributed by atoms with van der Waals surface area (Å²) in [6.07, 6.45) is 8.03. The number of methoxy groups -OCH3 is 1. The summed E-state index contributed by atoms with van der Waals surface area (Å²) in [5.41, 5.74) is 2.31. The molecule has 0 saturated heterocycles. The minimum Gasteiger partial charge on any atom is -0.465 e. The van der Waals surface area contributed by atoms with Crippen LogP contribution in [0.4, 0.5) is 8.78 Å². The molecule has 4 rings (SSSR count). The van der Waals surface area contributed by atoms with Crippen molar-refractivity contribution in [1.29, 1.82) is 0 Å². The summed E-state index contributed by atoms with van der Waals surface area (Å²) < 4.78 is 40.1. The summed E-state index contributed by atoms with van der Waals surface area (Å²) in [5.74, 6) is -2.79. The molecule has 1 N–H and O–H groups in total. The van der Waals surface area contributed by atoms with Gasteiger partial charge in [-0.2, -0.15) is 13.9 Å². The molecule has 28 heavy (non-hydrogen) atoms. The molecule has 0 spiro atoms. The Bertz CT molecular complexity index is 1030. The van der Waals surface area contributed by atoms with E-state index in [2.05, 4.69) is 20.1 Å². The molecule has 0 aliphatic carbocycles. The van der Waals surface area contributed by atoms with Gasteiger partial charge in [0.25, 0.3) is 0 Å². The van der Waals surface area contributed by atoms with E-state index < -0.39 is 18.8 Å². The van der Waals surface area contributed by atoms with Crippen LogP contribution in [0.5, 0.6) is 5.75 Å². The maximum Gasteiger partial charge on any atom is 0.312 e. The highest BCUT2D eigenvalue weighted by Gasteiger charge is 2.33. The number of nitrogens with one attached hydrogen (secondary N) is 1. The Morgan fingerprint density at radius 2 is 2.11 bits per heavy atom. The van der Waals surface area contributed by atoms with Gasteiger partial charge in [-0.15, -0.1) is 0 Å². The van der Waals surface area contributed by atoms with Crippen LogP contribution in [0.1, 0.15) is 11.4 Å². The van der Waals surface area contributed by atoms with E-state index in [0.29, 0.717) is 5.75 Å². The quantitative estimate of drug-likeness (QED) is 0.706. The number of allylic oxidation sites excluding steroid dienone is 2. The second-order valence-corrected chi connectivity index (χ2v) is 6.24. The Morgan fingerprint density at radius 1 is 1.21 bits per heavy atom. The summed E-state index contributed by atoms with van der Waals surface area (Å²) in [6, 6.07) is 10.5. The lowest BCUT2D eigenvalue weighted by Crippen LogP contribution is -2.34. The van der Waals surface area contributed by atoms with Crippen LogP contribution in [0.2, 0.25) is 0 Å². The van der Waals surface area contributed by atoms with Gasteiger partial charge in [0.05, 0.1) is 23.6 Å². The molecule has 0 aromatic carbocycles. The number of fused-ring (bicyclic) bond motifs is 1. The number of ether oxygens (including phenoxy) is 2. The fourth-order valence-electron chi connectivity index (χ4n) is 3.01. The van der Waals surface area contributed by atoms with Gasteiger partial charge < -0.3 is 14.8 Å². The maximum absolute atomic E-state index is 13.9. The number of rotatable bonds is 6. The van der Waals surface area contributed by atoms with Crippen molar-refractivity contribution in [3.8, 4) is 5.75 Å². The molecule has 1 aliphatic rings. The number of nitrogens with zero attached hydrogens (tertiary/aromatic N) is 3. The van der Waals surface area contributed by atoms with Crippen molar-refractivity contribution in [2.45, 2.75) is 12.2 Å². The van der Waals surface area contributed by atoms with Gasteiger partial charge in [-0.3, -0.25) is 4.98 Å². The lowest BCUT2D eigenvalue weighted by atomic mass is 10.1. The molecule has 1 atom stereocenters. The zero-order chi connectivity index (χ0) is 19.6. The van der Waals surface area contributed by atoms with E-state index in [4.69, 9.17) is 4.74 Å². The molecule has 0 radical (unpaired) electrons. The van der Waals surface area contributed by atoms with E-state index in [0.717, 1.165) is 16.8 Å². The van der Waals surface area contributed by atoms with Crippen LogP contribution in [-0.2, 0) is 10.7 Å². The normalized spacial score (nSPS) is 16.7. The highest BCUT2D eigenvalue weighted by molar-refractivity contribution is 5.71. The Morgan fingerprint density at radius 3 is 2.89 bits per heavy atom. The van der Waals surface area contributed by atoms with Crippen molar-refractivity contribution in [1.82, 2.24) is 19.9 Å². The molecule has 8 heteroatoms. The SMILES string of the molecule is COCC(F)(F)c1ccc(OC2NC=CC=C2c2cccc3ccnn23)cn1. The standard InChI is InChI=1S/C20H18F2N4O2/c1-27-13-20(21,22)18-8-7-15(12-24-18)28-19-16(5-3-10-23-19)17-6-2-4-14-9-11-25-26(14)17/h2-12,19,23H,13H2,1H3. The van der Waals surface area contributed by atoms with Crippen LogP contribution in [0.3, 0.4) is 0 Å². The smallest absolute Gasteiger partial charge is 0.312 e. The summed E-state index contributed by atoms with van der Waals surface area (Å²) in [4.78, 5) is 3.84. The van der Waals surface area contributed by atoms with Gasteiger partial charge in [-0.1, -0.05) is 6.07 Å². The average Bonchev–Trinajstić information content (AvgIpc) is 3.18. The fourth-order valence-corrected chi connectivity index (χ4v) is 3.01. The highest BCUT2D eigenvalue weighted by atomic mass is 19.3. The van der Waals surface area contributed by atoms with Crippen LogP contribution in [0, 0.1) is 0 Å². The first-order chi connectivity index (χ1) is 13.6. The van der Waals surface area contributed by atoms with Crippen LogP contribution in [0.25, 0.3) is 11.1 Å². The summed E-state index contributed by atoms with van der Waals surface area (Å²) >= 11 is 0. The van der Waals surface area contributed by atoms with Crippen LogP contribution in [-0.4, -0.2) is 34.5 Å². The molecular weight excluding hydrogens is 366 g/mol. The molecule has 0 amide bonds. The molecule has 144 valence electrons. The molecular formula is C20H18F2N4O2. The van der Waals surface area contributed by atoms with Gasteiger partial charge in [-0.05, 0) is 48.7 Å². The predicted octanol–water partition coefficient (Wildman–Crippen LogP) is 3.37. The van der Waals surface area contributed by atoms with E-state index in [9.17, 15) is 8.78 Å². The maximum atomic E-state index is 13.9. The number of pyridine rings is 2.